The summed E-state index contributed by atoms with van der Waals surface area (Å²) in [5.41, 5.74) is 1.79. The molecular formula is C17H22N4O2. The van der Waals surface area contributed by atoms with Gasteiger partial charge in [-0.25, -0.2) is 9.78 Å². The number of para-hydroxylation sites is 2. The highest BCUT2D eigenvalue weighted by molar-refractivity contribution is 5.75. The predicted octanol–water partition coefficient (Wildman–Crippen LogP) is 2.69. The van der Waals surface area contributed by atoms with Gasteiger partial charge in [0, 0.05) is 26.2 Å². The zero-order valence-electron chi connectivity index (χ0n) is 13.4. The van der Waals surface area contributed by atoms with Crippen LogP contribution in [0.25, 0.3) is 11.0 Å². The summed E-state index contributed by atoms with van der Waals surface area (Å²) in [4.78, 5) is 25.0. The number of hydrogen-bond acceptors (Lipinski definition) is 5. The van der Waals surface area contributed by atoms with E-state index in [1.807, 2.05) is 24.3 Å². The highest BCUT2D eigenvalue weighted by atomic mass is 16.6. The van der Waals surface area contributed by atoms with Crippen molar-refractivity contribution >= 4 is 22.9 Å². The molecule has 3 rings (SSSR count). The average Bonchev–Trinajstić information content (AvgIpc) is 2.61. The molecule has 0 spiro atoms. The number of fused-ring (bicyclic) bond motifs is 1. The maximum absolute atomic E-state index is 11.9. The number of benzene rings is 1. The van der Waals surface area contributed by atoms with Crippen LogP contribution in [0.5, 0.6) is 0 Å². The van der Waals surface area contributed by atoms with Crippen LogP contribution in [0.4, 0.5) is 10.6 Å². The van der Waals surface area contributed by atoms with Crippen LogP contribution < -0.4 is 4.90 Å². The summed E-state index contributed by atoms with van der Waals surface area (Å²) in [6, 6.07) is 7.84. The summed E-state index contributed by atoms with van der Waals surface area (Å²) in [5, 5.41) is 0. The Hall–Kier alpha value is -2.37. The molecule has 23 heavy (non-hydrogen) atoms. The minimum absolute atomic E-state index is 0.206. The molecule has 1 saturated heterocycles. The second-order valence-corrected chi connectivity index (χ2v) is 5.66. The van der Waals surface area contributed by atoms with E-state index >= 15 is 0 Å². The zero-order valence-corrected chi connectivity index (χ0v) is 13.4. The summed E-state index contributed by atoms with van der Waals surface area (Å²) < 4.78 is 5.26. The lowest BCUT2D eigenvalue weighted by Gasteiger charge is -2.34. The van der Waals surface area contributed by atoms with Gasteiger partial charge in [-0.2, -0.15) is 0 Å². The maximum atomic E-state index is 11.9. The molecule has 0 aliphatic carbocycles. The Bertz CT molecular complexity index is 668. The Kier molecular flexibility index (Phi) is 4.90. The van der Waals surface area contributed by atoms with Gasteiger partial charge >= 0.3 is 6.09 Å². The second kappa shape index (κ2) is 7.26. The lowest BCUT2D eigenvalue weighted by atomic mass is 10.3. The molecule has 0 saturated carbocycles. The van der Waals surface area contributed by atoms with Crippen LogP contribution in [0.15, 0.2) is 30.5 Å². The van der Waals surface area contributed by atoms with Gasteiger partial charge in [-0.1, -0.05) is 25.5 Å². The topological polar surface area (TPSA) is 58.6 Å². The zero-order chi connectivity index (χ0) is 16.1. The minimum atomic E-state index is -0.206. The molecule has 1 fully saturated rings. The molecule has 1 amide bonds. The average molecular weight is 314 g/mol. The molecule has 1 aliphatic heterocycles. The van der Waals surface area contributed by atoms with Crippen molar-refractivity contribution in [3.63, 3.8) is 0 Å². The van der Waals surface area contributed by atoms with Gasteiger partial charge in [0.1, 0.15) is 5.82 Å². The van der Waals surface area contributed by atoms with Crippen molar-refractivity contribution in [3.05, 3.63) is 30.5 Å². The molecule has 2 heterocycles. The van der Waals surface area contributed by atoms with Crippen LogP contribution in [-0.4, -0.2) is 53.7 Å². The molecule has 1 aromatic heterocycles. The number of hydrogen-bond donors (Lipinski definition) is 0. The standard InChI is InChI=1S/C17H22N4O2/c1-2-3-12-23-17(22)21-10-8-20(9-11-21)16-13-18-14-6-4-5-7-15(14)19-16/h4-7,13H,2-3,8-12H2,1H3. The monoisotopic (exact) mass is 314 g/mol. The van der Waals surface area contributed by atoms with E-state index in [-0.39, 0.29) is 6.09 Å². The molecule has 0 atom stereocenters. The second-order valence-electron chi connectivity index (χ2n) is 5.66. The maximum Gasteiger partial charge on any atom is 0.409 e. The van der Waals surface area contributed by atoms with Gasteiger partial charge in [0.05, 0.1) is 23.8 Å². The van der Waals surface area contributed by atoms with Crippen LogP contribution in [0.2, 0.25) is 0 Å². The van der Waals surface area contributed by atoms with E-state index in [1.54, 1.807) is 11.1 Å². The summed E-state index contributed by atoms with van der Waals surface area (Å²) in [7, 11) is 0. The van der Waals surface area contributed by atoms with Crippen LogP contribution in [-0.2, 0) is 4.74 Å². The minimum Gasteiger partial charge on any atom is -0.449 e. The van der Waals surface area contributed by atoms with Gasteiger partial charge in [-0.3, -0.25) is 4.98 Å². The third-order valence-electron chi connectivity index (χ3n) is 4.02. The Morgan fingerprint density at radius 2 is 1.91 bits per heavy atom. The quantitative estimate of drug-likeness (QED) is 0.812. The molecule has 2 aromatic rings. The highest BCUT2D eigenvalue weighted by Crippen LogP contribution is 2.17. The Morgan fingerprint density at radius 1 is 1.17 bits per heavy atom. The first kappa shape index (κ1) is 15.5. The smallest absolute Gasteiger partial charge is 0.409 e. The number of aromatic nitrogens is 2. The first-order chi connectivity index (χ1) is 11.3. The van der Waals surface area contributed by atoms with E-state index in [1.165, 1.54) is 0 Å². The lowest BCUT2D eigenvalue weighted by molar-refractivity contribution is 0.0989. The Labute approximate surface area is 136 Å². The molecule has 1 aromatic carbocycles. The van der Waals surface area contributed by atoms with E-state index in [4.69, 9.17) is 4.74 Å². The lowest BCUT2D eigenvalue weighted by Crippen LogP contribution is -2.49. The molecule has 0 radical (unpaired) electrons. The molecule has 1 aliphatic rings. The summed E-state index contributed by atoms with van der Waals surface area (Å²) >= 11 is 0. The summed E-state index contributed by atoms with van der Waals surface area (Å²) in [5.74, 6) is 0.864. The molecular weight excluding hydrogens is 292 g/mol. The number of anilines is 1. The molecule has 0 bridgehead atoms. The predicted molar refractivity (Wildman–Crippen MR) is 89.6 cm³/mol. The number of amides is 1. The number of piperazine rings is 1. The van der Waals surface area contributed by atoms with Gasteiger partial charge < -0.3 is 14.5 Å². The number of nitrogens with zero attached hydrogens (tertiary/aromatic N) is 4. The third kappa shape index (κ3) is 3.70. The molecule has 0 unspecified atom stereocenters. The van der Waals surface area contributed by atoms with Gasteiger partial charge in [-0.15, -0.1) is 0 Å². The van der Waals surface area contributed by atoms with Crippen molar-refractivity contribution in [1.29, 1.82) is 0 Å². The Morgan fingerprint density at radius 3 is 2.65 bits per heavy atom. The fraction of sp³-hybridized carbons (Fsp3) is 0.471. The van der Waals surface area contributed by atoms with Gasteiger partial charge in [0.2, 0.25) is 0 Å². The largest absolute Gasteiger partial charge is 0.449 e. The first-order valence-electron chi connectivity index (χ1n) is 8.16. The van der Waals surface area contributed by atoms with Crippen molar-refractivity contribution in [3.8, 4) is 0 Å². The fourth-order valence-corrected chi connectivity index (χ4v) is 2.61. The first-order valence-corrected chi connectivity index (χ1v) is 8.16. The van der Waals surface area contributed by atoms with Crippen molar-refractivity contribution in [2.45, 2.75) is 19.8 Å². The van der Waals surface area contributed by atoms with Crippen LogP contribution in [0, 0.1) is 0 Å². The van der Waals surface area contributed by atoms with Crippen molar-refractivity contribution < 1.29 is 9.53 Å². The van der Waals surface area contributed by atoms with Crippen molar-refractivity contribution in [1.82, 2.24) is 14.9 Å². The van der Waals surface area contributed by atoms with Gasteiger partial charge in [-0.05, 0) is 18.6 Å². The molecule has 0 N–H and O–H groups in total. The summed E-state index contributed by atoms with van der Waals surface area (Å²) in [6.07, 6.45) is 3.54. The van der Waals surface area contributed by atoms with Gasteiger partial charge in [0.25, 0.3) is 0 Å². The van der Waals surface area contributed by atoms with Crippen molar-refractivity contribution in [2.24, 2.45) is 0 Å². The van der Waals surface area contributed by atoms with Crippen LogP contribution in [0.3, 0.4) is 0 Å². The molecule has 6 nitrogen and oxygen atoms in total. The van der Waals surface area contributed by atoms with Crippen LogP contribution >= 0.6 is 0 Å². The number of carbonyl (C=O) groups excluding carboxylic acids is 1. The normalized spacial score (nSPS) is 15.0. The van der Waals surface area contributed by atoms with E-state index in [0.29, 0.717) is 19.7 Å². The van der Waals surface area contributed by atoms with E-state index in [2.05, 4.69) is 21.8 Å². The SMILES string of the molecule is CCCCOC(=O)N1CCN(c2cnc3ccccc3n2)CC1. The Balaban J connectivity index is 1.58. The molecule has 122 valence electrons. The number of carbonyl (C=O) groups is 1. The van der Waals surface area contributed by atoms with Gasteiger partial charge in [0.15, 0.2) is 0 Å². The van der Waals surface area contributed by atoms with E-state index in [9.17, 15) is 4.79 Å². The van der Waals surface area contributed by atoms with E-state index < -0.39 is 0 Å². The highest BCUT2D eigenvalue weighted by Gasteiger charge is 2.23. The molecule has 6 heteroatoms. The summed E-state index contributed by atoms with van der Waals surface area (Å²) in [6.45, 7) is 5.38. The van der Waals surface area contributed by atoms with Crippen molar-refractivity contribution in [2.75, 3.05) is 37.7 Å². The third-order valence-corrected chi connectivity index (χ3v) is 4.02. The number of ether oxygens (including phenoxy) is 1. The number of rotatable bonds is 4. The fourth-order valence-electron chi connectivity index (χ4n) is 2.61. The van der Waals surface area contributed by atoms with Crippen LogP contribution in [0.1, 0.15) is 19.8 Å². The van der Waals surface area contributed by atoms with E-state index in [0.717, 1.165) is 42.8 Å². The number of unbranched alkanes of at least 4 members (excludes halogenated alkanes) is 1.